The van der Waals surface area contributed by atoms with Gasteiger partial charge in [0, 0.05) is 18.3 Å². The van der Waals surface area contributed by atoms with E-state index in [1.807, 2.05) is 31.2 Å². The van der Waals surface area contributed by atoms with Gasteiger partial charge in [-0.1, -0.05) is 18.2 Å². The van der Waals surface area contributed by atoms with Crippen molar-refractivity contribution in [1.82, 2.24) is 0 Å². The monoisotopic (exact) mass is 203 g/mol. The Hall–Kier alpha value is -1.68. The average molecular weight is 203 g/mol. The molecule has 1 aliphatic rings. The lowest BCUT2D eigenvalue weighted by atomic mass is 10.1. The maximum Gasteiger partial charge on any atom is 0.266 e. The Kier molecular flexibility index (Phi) is 2.28. The lowest BCUT2D eigenvalue weighted by molar-refractivity contribution is -0.119. The van der Waals surface area contributed by atoms with Crippen LogP contribution in [0.4, 0.5) is 5.69 Å². The lowest BCUT2D eigenvalue weighted by Crippen LogP contribution is -2.39. The van der Waals surface area contributed by atoms with Crippen molar-refractivity contribution in [3.8, 4) is 0 Å². The van der Waals surface area contributed by atoms with Gasteiger partial charge >= 0.3 is 0 Å². The van der Waals surface area contributed by atoms with E-state index < -0.39 is 6.17 Å². The summed E-state index contributed by atoms with van der Waals surface area (Å²) in [5, 5.41) is 0. The number of rotatable bonds is 0. The van der Waals surface area contributed by atoms with Crippen molar-refractivity contribution < 1.29 is 4.79 Å². The van der Waals surface area contributed by atoms with Gasteiger partial charge in [0.1, 0.15) is 0 Å². The molecule has 0 aromatic heterocycles. The van der Waals surface area contributed by atoms with Crippen molar-refractivity contribution in [1.29, 1.82) is 0 Å². The standard InChI is InChI=1S/C11H13N3O/c1-7-8-5-3-4-6-9(8)14(2)11(15)10(12)13-7/h3-6,10H,12H2,1-2H3/t10-/m0/s1. The number of nitrogens with zero attached hydrogens (tertiary/aromatic N) is 2. The molecule has 1 aromatic carbocycles. The molecule has 0 fully saturated rings. The van der Waals surface area contributed by atoms with Gasteiger partial charge in [0.25, 0.3) is 5.91 Å². The van der Waals surface area contributed by atoms with Crippen LogP contribution in [0.1, 0.15) is 12.5 Å². The molecule has 0 radical (unpaired) electrons. The minimum atomic E-state index is -0.789. The highest BCUT2D eigenvalue weighted by molar-refractivity contribution is 6.11. The first-order valence-corrected chi connectivity index (χ1v) is 4.78. The van der Waals surface area contributed by atoms with Gasteiger partial charge < -0.3 is 10.6 Å². The molecule has 0 bridgehead atoms. The zero-order valence-electron chi connectivity index (χ0n) is 8.77. The molecule has 2 N–H and O–H groups in total. The van der Waals surface area contributed by atoms with Crippen LogP contribution in [0.25, 0.3) is 0 Å². The summed E-state index contributed by atoms with van der Waals surface area (Å²) in [6.07, 6.45) is -0.789. The molecule has 0 spiro atoms. The topological polar surface area (TPSA) is 58.7 Å². The second kappa shape index (κ2) is 3.47. The summed E-state index contributed by atoms with van der Waals surface area (Å²) in [4.78, 5) is 17.5. The molecule has 0 aliphatic carbocycles. The molecule has 0 saturated heterocycles. The molecule has 0 unspecified atom stereocenters. The Morgan fingerprint density at radius 2 is 2.07 bits per heavy atom. The SMILES string of the molecule is CC1=N[C@H](N)C(=O)N(C)c2ccccc21. The Bertz CT molecular complexity index is 439. The van der Waals surface area contributed by atoms with Gasteiger partial charge in [0.2, 0.25) is 0 Å². The van der Waals surface area contributed by atoms with Gasteiger partial charge in [-0.3, -0.25) is 9.79 Å². The van der Waals surface area contributed by atoms with Crippen molar-refractivity contribution >= 4 is 17.3 Å². The summed E-state index contributed by atoms with van der Waals surface area (Å²) in [7, 11) is 1.72. The van der Waals surface area contributed by atoms with E-state index in [2.05, 4.69) is 4.99 Å². The second-order valence-corrected chi connectivity index (χ2v) is 3.57. The van der Waals surface area contributed by atoms with Crippen LogP contribution in [0.3, 0.4) is 0 Å². The van der Waals surface area contributed by atoms with Crippen LogP contribution < -0.4 is 10.6 Å². The number of anilines is 1. The quantitative estimate of drug-likeness (QED) is 0.676. The summed E-state index contributed by atoms with van der Waals surface area (Å²) in [5.74, 6) is -0.181. The molecule has 4 heteroatoms. The molecule has 4 nitrogen and oxygen atoms in total. The van der Waals surface area contributed by atoms with Gasteiger partial charge in [0.05, 0.1) is 5.69 Å². The van der Waals surface area contributed by atoms with E-state index >= 15 is 0 Å². The number of para-hydroxylation sites is 1. The third-order valence-electron chi connectivity index (χ3n) is 2.57. The lowest BCUT2D eigenvalue weighted by Gasteiger charge is -2.18. The Labute approximate surface area is 88.4 Å². The van der Waals surface area contributed by atoms with E-state index in [0.29, 0.717) is 0 Å². The van der Waals surface area contributed by atoms with Crippen LogP contribution in [-0.2, 0) is 4.79 Å². The van der Waals surface area contributed by atoms with Crippen molar-refractivity contribution in [2.45, 2.75) is 13.1 Å². The average Bonchev–Trinajstić information content (AvgIpc) is 2.33. The van der Waals surface area contributed by atoms with E-state index in [9.17, 15) is 4.79 Å². The molecule has 0 saturated carbocycles. The Morgan fingerprint density at radius 3 is 2.80 bits per heavy atom. The molecular weight excluding hydrogens is 190 g/mol. The molecule has 2 rings (SSSR count). The third kappa shape index (κ3) is 1.53. The second-order valence-electron chi connectivity index (χ2n) is 3.57. The zero-order valence-corrected chi connectivity index (χ0v) is 8.77. The number of hydrogen-bond acceptors (Lipinski definition) is 3. The molecule has 1 amide bonds. The highest BCUT2D eigenvalue weighted by Gasteiger charge is 2.24. The van der Waals surface area contributed by atoms with Crippen molar-refractivity contribution in [3.05, 3.63) is 29.8 Å². The first-order valence-electron chi connectivity index (χ1n) is 4.78. The normalized spacial score (nSPS) is 20.7. The number of likely N-dealkylation sites (N-methyl/N-ethyl adjacent to an activating group) is 1. The number of benzodiazepines with no additional fused rings is 1. The number of aliphatic imine (C=N–C) groups is 1. The van der Waals surface area contributed by atoms with Crippen LogP contribution in [0.5, 0.6) is 0 Å². The number of carbonyl (C=O) groups is 1. The maximum absolute atomic E-state index is 11.7. The maximum atomic E-state index is 11.7. The zero-order chi connectivity index (χ0) is 11.0. The van der Waals surface area contributed by atoms with Gasteiger partial charge in [-0.25, -0.2) is 0 Å². The van der Waals surface area contributed by atoms with Crippen molar-refractivity contribution in [2.24, 2.45) is 10.7 Å². The summed E-state index contributed by atoms with van der Waals surface area (Å²) in [6.45, 7) is 1.87. The number of benzene rings is 1. The summed E-state index contributed by atoms with van der Waals surface area (Å²) in [6, 6.07) is 7.65. The van der Waals surface area contributed by atoms with E-state index in [0.717, 1.165) is 17.0 Å². The Balaban J connectivity index is 2.63. The summed E-state index contributed by atoms with van der Waals surface area (Å²) in [5.41, 5.74) is 8.28. The van der Waals surface area contributed by atoms with Gasteiger partial charge in [-0.05, 0) is 13.0 Å². The van der Waals surface area contributed by atoms with E-state index in [4.69, 9.17) is 5.73 Å². The number of hydrogen-bond donors (Lipinski definition) is 1. The minimum absolute atomic E-state index is 0.181. The van der Waals surface area contributed by atoms with Gasteiger partial charge in [-0.15, -0.1) is 0 Å². The van der Waals surface area contributed by atoms with Crippen molar-refractivity contribution in [3.63, 3.8) is 0 Å². The highest BCUT2D eigenvalue weighted by atomic mass is 16.2. The molecule has 1 atom stereocenters. The first kappa shape index (κ1) is 9.86. The largest absolute Gasteiger partial charge is 0.312 e. The van der Waals surface area contributed by atoms with Crippen LogP contribution >= 0.6 is 0 Å². The van der Waals surface area contributed by atoms with E-state index in [-0.39, 0.29) is 5.91 Å². The Morgan fingerprint density at radius 1 is 1.40 bits per heavy atom. The summed E-state index contributed by atoms with van der Waals surface area (Å²) >= 11 is 0. The number of fused-ring (bicyclic) bond motifs is 1. The van der Waals surface area contributed by atoms with Crippen LogP contribution in [0.2, 0.25) is 0 Å². The molecule has 1 aromatic rings. The predicted octanol–water partition coefficient (Wildman–Crippen LogP) is 0.757. The van der Waals surface area contributed by atoms with E-state index in [1.165, 1.54) is 0 Å². The fourth-order valence-electron chi connectivity index (χ4n) is 1.72. The number of nitrogens with two attached hydrogens (primary N) is 1. The van der Waals surface area contributed by atoms with Gasteiger partial charge in [-0.2, -0.15) is 0 Å². The van der Waals surface area contributed by atoms with Crippen LogP contribution in [0, 0.1) is 0 Å². The number of carbonyl (C=O) groups excluding carboxylic acids is 1. The van der Waals surface area contributed by atoms with Crippen molar-refractivity contribution in [2.75, 3.05) is 11.9 Å². The first-order chi connectivity index (χ1) is 7.11. The molecular formula is C11H13N3O. The van der Waals surface area contributed by atoms with Crippen LogP contribution in [-0.4, -0.2) is 24.8 Å². The molecule has 15 heavy (non-hydrogen) atoms. The molecule has 1 aliphatic heterocycles. The number of amides is 1. The van der Waals surface area contributed by atoms with E-state index in [1.54, 1.807) is 11.9 Å². The van der Waals surface area contributed by atoms with Crippen LogP contribution in [0.15, 0.2) is 29.3 Å². The fourth-order valence-corrected chi connectivity index (χ4v) is 1.72. The predicted molar refractivity (Wildman–Crippen MR) is 60.0 cm³/mol. The highest BCUT2D eigenvalue weighted by Crippen LogP contribution is 2.23. The fraction of sp³-hybridized carbons (Fsp3) is 0.273. The molecule has 78 valence electrons. The minimum Gasteiger partial charge on any atom is -0.312 e. The molecule has 1 heterocycles. The third-order valence-corrected chi connectivity index (χ3v) is 2.57. The smallest absolute Gasteiger partial charge is 0.266 e. The van der Waals surface area contributed by atoms with Gasteiger partial charge in [0.15, 0.2) is 6.17 Å². The summed E-state index contributed by atoms with van der Waals surface area (Å²) < 4.78 is 0.